The number of hydrogen-bond acceptors (Lipinski definition) is 14. The van der Waals surface area contributed by atoms with Crippen molar-refractivity contribution in [2.75, 3.05) is 41.1 Å². The van der Waals surface area contributed by atoms with Gasteiger partial charge in [-0.1, -0.05) is 12.1 Å². The van der Waals surface area contributed by atoms with Gasteiger partial charge in [0, 0.05) is 62.8 Å². The van der Waals surface area contributed by atoms with E-state index in [1.54, 1.807) is 19.2 Å². The molecule has 0 amide bonds. The van der Waals surface area contributed by atoms with Crippen LogP contribution in [0.2, 0.25) is 0 Å². The van der Waals surface area contributed by atoms with E-state index >= 15 is 0 Å². The minimum absolute atomic E-state index is 0.0286. The number of aliphatic hydroxyl groups is 1. The fourth-order valence-corrected chi connectivity index (χ4v) is 7.85. The Hall–Kier alpha value is -3.47. The van der Waals surface area contributed by atoms with Gasteiger partial charge in [0.15, 0.2) is 30.4 Å². The van der Waals surface area contributed by atoms with Crippen LogP contribution in [0.4, 0.5) is 0 Å². The maximum absolute atomic E-state index is 13.8. The van der Waals surface area contributed by atoms with Crippen LogP contribution in [0.25, 0.3) is 0 Å². The third kappa shape index (κ3) is 4.89. The summed E-state index contributed by atoms with van der Waals surface area (Å²) >= 11 is 0. The molecule has 14 heteroatoms. The molecule has 7 rings (SSSR count). The molecule has 47 heavy (non-hydrogen) atoms. The summed E-state index contributed by atoms with van der Waals surface area (Å²) in [7, 11) is 4.29. The first kappa shape index (κ1) is 32.1. The lowest BCUT2D eigenvalue weighted by molar-refractivity contribution is -0.256. The van der Waals surface area contributed by atoms with E-state index in [9.17, 15) is 24.9 Å². The fourth-order valence-electron chi connectivity index (χ4n) is 7.85. The summed E-state index contributed by atoms with van der Waals surface area (Å²) in [5.41, 5.74) is -2.45. The van der Waals surface area contributed by atoms with Crippen molar-refractivity contribution in [1.29, 1.82) is 5.41 Å². The van der Waals surface area contributed by atoms with Gasteiger partial charge in [-0.15, -0.1) is 0 Å². The number of carbonyl (C=O) groups excluding carboxylic acids is 2. The summed E-state index contributed by atoms with van der Waals surface area (Å²) < 4.78 is 40.8. The topological polar surface area (TPSA) is 187 Å². The number of rotatable bonds is 7. The van der Waals surface area contributed by atoms with Crippen molar-refractivity contribution in [3.63, 3.8) is 0 Å². The fraction of sp³-hybridized carbons (Fsp3) is 0.545. The van der Waals surface area contributed by atoms with Crippen LogP contribution >= 0.6 is 0 Å². The van der Waals surface area contributed by atoms with Gasteiger partial charge in [0.2, 0.25) is 0 Å². The standard InChI is InChI=1S/C33H38N2O12/c1-14-30-17(35-8-9-44-32(43-4)31(35)47-30)10-21(45-14)46-19-12-33(40,20(36)13-41-2)11-16-23(19)29(39)24-25(28(16)38)27(37)15-6-5-7-18(42-3)22(15)26(24)34/h5-7,14,17,19,21,30-32,34,38-40H,8-13H2,1-4H3. The molecule has 5 aliphatic rings. The van der Waals surface area contributed by atoms with Crippen molar-refractivity contribution in [2.24, 2.45) is 0 Å². The van der Waals surface area contributed by atoms with Crippen LogP contribution < -0.4 is 4.74 Å². The number of phenols is 2. The van der Waals surface area contributed by atoms with Crippen LogP contribution in [0, 0.1) is 5.41 Å². The molecule has 2 aromatic rings. The Kier molecular flexibility index (Phi) is 8.12. The maximum Gasteiger partial charge on any atom is 0.198 e. The van der Waals surface area contributed by atoms with E-state index in [-0.39, 0.29) is 63.4 Å². The summed E-state index contributed by atoms with van der Waals surface area (Å²) in [6, 6.07) is 4.57. The lowest BCUT2D eigenvalue weighted by Crippen LogP contribution is -2.55. The predicted octanol–water partition coefficient (Wildman–Crippen LogP) is 1.55. The van der Waals surface area contributed by atoms with E-state index < -0.39 is 72.7 Å². The minimum Gasteiger partial charge on any atom is -0.507 e. The molecule has 0 saturated carbocycles. The SMILES string of the molecule is COCC(=O)C1(O)Cc2c(O)c3c(c(O)c2C(OC2CC4C(OC5C(OC)OCCN45)C(C)O2)C1)C(=N)c1c(OC)cccc1C3=O. The van der Waals surface area contributed by atoms with Gasteiger partial charge >= 0.3 is 0 Å². The Morgan fingerprint density at radius 1 is 1.13 bits per heavy atom. The molecule has 8 atom stereocenters. The molecule has 14 nitrogen and oxygen atoms in total. The molecule has 4 N–H and O–H groups in total. The molecule has 3 heterocycles. The molecule has 2 aromatic carbocycles. The van der Waals surface area contributed by atoms with Gasteiger partial charge in [-0.2, -0.15) is 0 Å². The number of methoxy groups -OCH3 is 3. The molecule has 3 saturated heterocycles. The second kappa shape index (κ2) is 11.9. The quantitative estimate of drug-likeness (QED) is 0.269. The van der Waals surface area contributed by atoms with E-state index in [0.717, 1.165) is 0 Å². The number of carbonyl (C=O) groups is 2. The van der Waals surface area contributed by atoms with Crippen LogP contribution in [0.3, 0.4) is 0 Å². The monoisotopic (exact) mass is 654 g/mol. The van der Waals surface area contributed by atoms with Gasteiger partial charge in [0.1, 0.15) is 35.6 Å². The van der Waals surface area contributed by atoms with Crippen molar-refractivity contribution < 1.29 is 58.1 Å². The number of nitrogens with one attached hydrogen (secondary N) is 1. The van der Waals surface area contributed by atoms with Gasteiger partial charge < -0.3 is 48.5 Å². The zero-order valence-electron chi connectivity index (χ0n) is 26.5. The van der Waals surface area contributed by atoms with E-state index in [1.165, 1.54) is 20.3 Å². The third-order valence-electron chi connectivity index (χ3n) is 10.0. The number of hydrogen-bond donors (Lipinski definition) is 4. The van der Waals surface area contributed by atoms with Crippen LogP contribution in [-0.4, -0.2) is 121 Å². The Balaban J connectivity index is 1.30. The lowest BCUT2D eigenvalue weighted by atomic mass is 9.71. The summed E-state index contributed by atoms with van der Waals surface area (Å²) in [6.07, 6.45) is -4.19. The predicted molar refractivity (Wildman–Crippen MR) is 161 cm³/mol. The second-order valence-electron chi connectivity index (χ2n) is 12.6. The first-order chi connectivity index (χ1) is 22.5. The maximum atomic E-state index is 13.8. The average molecular weight is 655 g/mol. The van der Waals surface area contributed by atoms with Crippen LogP contribution in [-0.2, 0) is 39.6 Å². The number of morpholine rings is 1. The zero-order valence-corrected chi connectivity index (χ0v) is 26.5. The van der Waals surface area contributed by atoms with Crippen molar-refractivity contribution in [3.8, 4) is 17.2 Å². The van der Waals surface area contributed by atoms with Crippen molar-refractivity contribution in [1.82, 2.24) is 4.90 Å². The number of fused-ring (bicyclic) bond motifs is 6. The van der Waals surface area contributed by atoms with Crippen LogP contribution in [0.15, 0.2) is 18.2 Å². The van der Waals surface area contributed by atoms with Gasteiger partial charge in [-0.05, 0) is 13.0 Å². The van der Waals surface area contributed by atoms with Crippen LogP contribution in [0.1, 0.15) is 64.0 Å². The molecule has 3 aliphatic heterocycles. The van der Waals surface area contributed by atoms with Crippen LogP contribution in [0.5, 0.6) is 17.2 Å². The van der Waals surface area contributed by atoms with Crippen molar-refractivity contribution >= 4 is 17.3 Å². The molecule has 2 aliphatic carbocycles. The Morgan fingerprint density at radius 2 is 1.91 bits per heavy atom. The highest BCUT2D eigenvalue weighted by molar-refractivity contribution is 6.32. The summed E-state index contributed by atoms with van der Waals surface area (Å²) in [5, 5.41) is 44.4. The second-order valence-corrected chi connectivity index (χ2v) is 12.6. The first-order valence-corrected chi connectivity index (χ1v) is 15.6. The van der Waals surface area contributed by atoms with Crippen molar-refractivity contribution in [3.05, 3.63) is 51.6 Å². The zero-order chi connectivity index (χ0) is 33.4. The van der Waals surface area contributed by atoms with E-state index in [2.05, 4.69) is 4.90 Å². The molecule has 0 bridgehead atoms. The number of ether oxygens (including phenoxy) is 7. The highest BCUT2D eigenvalue weighted by Crippen LogP contribution is 2.53. The molecule has 8 unspecified atom stereocenters. The molecule has 0 radical (unpaired) electrons. The van der Waals surface area contributed by atoms with Gasteiger partial charge in [-0.3, -0.25) is 19.9 Å². The van der Waals surface area contributed by atoms with E-state index in [0.29, 0.717) is 19.6 Å². The van der Waals surface area contributed by atoms with Gasteiger partial charge in [0.25, 0.3) is 0 Å². The third-order valence-corrected chi connectivity index (χ3v) is 10.0. The number of Topliss-reactive ketones (excluding diaryl/α,β-unsaturated/α-hetero) is 1. The van der Waals surface area contributed by atoms with E-state index in [4.69, 9.17) is 38.6 Å². The largest absolute Gasteiger partial charge is 0.507 e. The number of phenolic OH excluding ortho intramolecular Hbond substituents is 2. The summed E-state index contributed by atoms with van der Waals surface area (Å²) in [4.78, 5) is 29.2. The number of aromatic hydroxyl groups is 2. The minimum atomic E-state index is -2.07. The average Bonchev–Trinajstić information content (AvgIpc) is 3.44. The number of ketones is 2. The summed E-state index contributed by atoms with van der Waals surface area (Å²) in [5.74, 6) is -2.05. The van der Waals surface area contributed by atoms with Gasteiger partial charge in [-0.25, -0.2) is 0 Å². The first-order valence-electron chi connectivity index (χ1n) is 15.6. The molecule has 0 aromatic heterocycles. The highest BCUT2D eigenvalue weighted by Gasteiger charge is 2.55. The summed E-state index contributed by atoms with van der Waals surface area (Å²) in [6.45, 7) is 2.50. The van der Waals surface area contributed by atoms with Crippen molar-refractivity contribution in [2.45, 2.75) is 74.9 Å². The normalized spacial score (nSPS) is 33.0. The Labute approximate surface area is 270 Å². The number of nitrogens with zero attached hydrogens (tertiary/aromatic N) is 1. The van der Waals surface area contributed by atoms with Gasteiger partial charge in [0.05, 0.1) is 48.3 Å². The Bertz CT molecular complexity index is 1650. The highest BCUT2D eigenvalue weighted by atomic mass is 16.7. The molecule has 0 spiro atoms. The molecular formula is C33H38N2O12. The molecule has 3 fully saturated rings. The molecular weight excluding hydrogens is 616 g/mol. The number of benzene rings is 2. The Morgan fingerprint density at radius 3 is 2.64 bits per heavy atom. The smallest absolute Gasteiger partial charge is 0.198 e. The molecule has 252 valence electrons. The van der Waals surface area contributed by atoms with E-state index in [1.807, 2.05) is 6.92 Å². The lowest BCUT2D eigenvalue weighted by Gasteiger charge is -2.43.